The summed E-state index contributed by atoms with van der Waals surface area (Å²) in [6, 6.07) is 7.16. The van der Waals surface area contributed by atoms with Gasteiger partial charge in [0.2, 0.25) is 0 Å². The molecule has 1 aliphatic heterocycles. The maximum Gasteiger partial charge on any atom is 0.434 e. The van der Waals surface area contributed by atoms with Gasteiger partial charge in [-0.05, 0) is 25.5 Å². The molecule has 0 spiro atoms. The average Bonchev–Trinajstić information content (AvgIpc) is 2.98. The van der Waals surface area contributed by atoms with Crippen molar-refractivity contribution in [1.29, 1.82) is 0 Å². The number of nitrogens with zero attached hydrogens (tertiary/aromatic N) is 3. The zero-order valence-corrected chi connectivity index (χ0v) is 15.1. The Morgan fingerprint density at radius 2 is 2.12 bits per heavy atom. The Labute approximate surface area is 155 Å². The Bertz CT molecular complexity index is 762. The van der Waals surface area contributed by atoms with Gasteiger partial charge in [0, 0.05) is 42.8 Å². The SMILES string of the molecule is CN(CC1CCc2nc(C(F)(F)F)cn2C1)CC(O)c1ccccc1Cl. The lowest BCUT2D eigenvalue weighted by Gasteiger charge is -2.29. The van der Waals surface area contributed by atoms with Crippen LogP contribution in [0.25, 0.3) is 0 Å². The molecule has 1 aliphatic rings. The first-order valence-corrected chi connectivity index (χ1v) is 8.86. The first-order chi connectivity index (χ1) is 12.2. The van der Waals surface area contributed by atoms with Gasteiger partial charge in [-0.1, -0.05) is 29.8 Å². The van der Waals surface area contributed by atoms with E-state index in [1.54, 1.807) is 16.7 Å². The van der Waals surface area contributed by atoms with Gasteiger partial charge >= 0.3 is 6.18 Å². The molecule has 0 saturated heterocycles. The number of fused-ring (bicyclic) bond motifs is 1. The third-order valence-electron chi connectivity index (χ3n) is 4.70. The summed E-state index contributed by atoms with van der Waals surface area (Å²) in [6.45, 7) is 1.59. The first-order valence-electron chi connectivity index (χ1n) is 8.48. The molecule has 0 bridgehead atoms. The molecule has 2 atom stereocenters. The van der Waals surface area contributed by atoms with Crippen LogP contribution in [0.3, 0.4) is 0 Å². The topological polar surface area (TPSA) is 41.3 Å². The van der Waals surface area contributed by atoms with E-state index in [9.17, 15) is 18.3 Å². The van der Waals surface area contributed by atoms with E-state index in [-0.39, 0.29) is 5.92 Å². The van der Waals surface area contributed by atoms with Gasteiger partial charge in [-0.3, -0.25) is 0 Å². The van der Waals surface area contributed by atoms with Crippen molar-refractivity contribution >= 4 is 11.6 Å². The molecule has 142 valence electrons. The van der Waals surface area contributed by atoms with Crippen molar-refractivity contribution in [2.45, 2.75) is 31.7 Å². The molecule has 0 amide bonds. The third kappa shape index (κ3) is 4.39. The van der Waals surface area contributed by atoms with Crippen LogP contribution in [0.1, 0.15) is 29.6 Å². The number of halogens is 4. The molecule has 1 N–H and O–H groups in total. The molecule has 0 saturated carbocycles. The molecule has 1 aromatic carbocycles. The van der Waals surface area contributed by atoms with Crippen molar-refractivity contribution in [2.24, 2.45) is 5.92 Å². The monoisotopic (exact) mass is 387 g/mol. The molecule has 3 rings (SSSR count). The second-order valence-corrected chi connectivity index (χ2v) is 7.26. The van der Waals surface area contributed by atoms with Crippen LogP contribution >= 0.6 is 11.6 Å². The van der Waals surface area contributed by atoms with Crippen molar-refractivity contribution in [3.05, 3.63) is 52.6 Å². The second-order valence-electron chi connectivity index (χ2n) is 6.86. The largest absolute Gasteiger partial charge is 0.434 e. The zero-order valence-electron chi connectivity index (χ0n) is 14.4. The van der Waals surface area contributed by atoms with E-state index in [0.29, 0.717) is 42.5 Å². The summed E-state index contributed by atoms with van der Waals surface area (Å²) >= 11 is 6.11. The fourth-order valence-corrected chi connectivity index (χ4v) is 3.72. The normalized spacial score (nSPS) is 18.8. The van der Waals surface area contributed by atoms with Crippen LogP contribution in [-0.2, 0) is 19.1 Å². The van der Waals surface area contributed by atoms with Crippen LogP contribution in [0.4, 0.5) is 13.2 Å². The predicted octanol–water partition coefficient (Wildman–Crippen LogP) is 3.78. The van der Waals surface area contributed by atoms with Gasteiger partial charge in [-0.25, -0.2) is 4.98 Å². The first kappa shape index (κ1) is 19.2. The lowest BCUT2D eigenvalue weighted by Crippen LogP contribution is -2.34. The van der Waals surface area contributed by atoms with Gasteiger partial charge in [0.15, 0.2) is 5.69 Å². The van der Waals surface area contributed by atoms with Crippen molar-refractivity contribution in [2.75, 3.05) is 20.1 Å². The molecule has 4 nitrogen and oxygen atoms in total. The summed E-state index contributed by atoms with van der Waals surface area (Å²) in [4.78, 5) is 5.69. The lowest BCUT2D eigenvalue weighted by atomic mass is 9.98. The van der Waals surface area contributed by atoms with Crippen molar-refractivity contribution in [3.63, 3.8) is 0 Å². The standard InChI is InChI=1S/C18H21ClF3N3O/c1-24(10-15(26)13-4-2-3-5-14(13)19)8-12-6-7-17-23-16(18(20,21)22)11-25(17)9-12/h2-5,11-12,15,26H,6-10H2,1H3. The van der Waals surface area contributed by atoms with E-state index >= 15 is 0 Å². The number of imidazole rings is 1. The van der Waals surface area contributed by atoms with E-state index < -0.39 is 18.0 Å². The number of aromatic nitrogens is 2. The van der Waals surface area contributed by atoms with E-state index in [0.717, 1.165) is 12.6 Å². The second kappa shape index (κ2) is 7.58. The predicted molar refractivity (Wildman–Crippen MR) is 92.9 cm³/mol. The number of rotatable bonds is 5. The number of aliphatic hydroxyl groups excluding tert-OH is 1. The van der Waals surface area contributed by atoms with Crippen LogP contribution in [0.15, 0.2) is 30.5 Å². The highest BCUT2D eigenvalue weighted by Crippen LogP contribution is 2.31. The Morgan fingerprint density at radius 1 is 1.38 bits per heavy atom. The molecule has 0 aliphatic carbocycles. The van der Waals surface area contributed by atoms with Gasteiger partial charge < -0.3 is 14.6 Å². The smallest absolute Gasteiger partial charge is 0.387 e. The minimum atomic E-state index is -4.41. The summed E-state index contributed by atoms with van der Waals surface area (Å²) < 4.78 is 40.0. The zero-order chi connectivity index (χ0) is 18.9. The van der Waals surface area contributed by atoms with Crippen LogP contribution in [0.5, 0.6) is 0 Å². The van der Waals surface area contributed by atoms with E-state index in [2.05, 4.69) is 4.98 Å². The van der Waals surface area contributed by atoms with E-state index in [1.807, 2.05) is 24.1 Å². The fourth-order valence-electron chi connectivity index (χ4n) is 3.45. The van der Waals surface area contributed by atoms with E-state index in [4.69, 9.17) is 11.6 Å². The maximum atomic E-state index is 12.8. The molecule has 2 unspecified atom stereocenters. The molecule has 26 heavy (non-hydrogen) atoms. The summed E-state index contributed by atoms with van der Waals surface area (Å²) in [5, 5.41) is 10.9. The van der Waals surface area contributed by atoms with Crippen LogP contribution < -0.4 is 0 Å². The Hall–Kier alpha value is -1.57. The number of alkyl halides is 3. The van der Waals surface area contributed by atoms with Crippen LogP contribution in [0, 0.1) is 5.92 Å². The van der Waals surface area contributed by atoms with Gasteiger partial charge in [-0.2, -0.15) is 13.2 Å². The highest BCUT2D eigenvalue weighted by Gasteiger charge is 2.35. The van der Waals surface area contributed by atoms with Crippen molar-refractivity contribution < 1.29 is 18.3 Å². The van der Waals surface area contributed by atoms with Gasteiger partial charge in [0.05, 0.1) is 6.10 Å². The van der Waals surface area contributed by atoms with Crippen LogP contribution in [0.2, 0.25) is 5.02 Å². The highest BCUT2D eigenvalue weighted by atomic mass is 35.5. The summed E-state index contributed by atoms with van der Waals surface area (Å²) in [5.41, 5.74) is -0.146. The molecule has 2 heterocycles. The number of hydrogen-bond donors (Lipinski definition) is 1. The number of benzene rings is 1. The molecular formula is C18H21ClF3N3O. The highest BCUT2D eigenvalue weighted by molar-refractivity contribution is 6.31. The fraction of sp³-hybridized carbons (Fsp3) is 0.500. The number of hydrogen-bond acceptors (Lipinski definition) is 3. The Morgan fingerprint density at radius 3 is 2.81 bits per heavy atom. The number of aliphatic hydroxyl groups is 1. The quantitative estimate of drug-likeness (QED) is 0.848. The van der Waals surface area contributed by atoms with Gasteiger partial charge in [0.1, 0.15) is 5.82 Å². The Balaban J connectivity index is 1.58. The van der Waals surface area contributed by atoms with Crippen molar-refractivity contribution in [3.8, 4) is 0 Å². The number of aryl methyl sites for hydroxylation is 1. The molecule has 1 aromatic heterocycles. The summed E-state index contributed by atoms with van der Waals surface area (Å²) in [6.07, 6.45) is -2.71. The number of likely N-dealkylation sites (N-methyl/N-ethyl adjacent to an activating group) is 1. The van der Waals surface area contributed by atoms with Gasteiger partial charge in [-0.15, -0.1) is 0 Å². The van der Waals surface area contributed by atoms with Crippen LogP contribution in [-0.4, -0.2) is 39.7 Å². The minimum Gasteiger partial charge on any atom is -0.387 e. The third-order valence-corrected chi connectivity index (χ3v) is 5.04. The lowest BCUT2D eigenvalue weighted by molar-refractivity contribution is -0.141. The molecule has 8 heteroatoms. The maximum absolute atomic E-state index is 12.8. The molecular weight excluding hydrogens is 367 g/mol. The summed E-state index contributed by atoms with van der Waals surface area (Å²) in [7, 11) is 1.89. The minimum absolute atomic E-state index is 0.209. The van der Waals surface area contributed by atoms with Gasteiger partial charge in [0.25, 0.3) is 0 Å². The molecule has 2 aromatic rings. The molecule has 0 fully saturated rings. The summed E-state index contributed by atoms with van der Waals surface area (Å²) in [5.74, 6) is 0.702. The molecule has 0 radical (unpaired) electrons. The van der Waals surface area contributed by atoms with E-state index in [1.165, 1.54) is 0 Å². The van der Waals surface area contributed by atoms with Crippen molar-refractivity contribution in [1.82, 2.24) is 14.5 Å². The average molecular weight is 388 g/mol. The Kier molecular flexibility index (Phi) is 5.60.